The molecule has 1 aromatic carbocycles. The van der Waals surface area contributed by atoms with Crippen LogP contribution in [0.15, 0.2) is 28.7 Å². The molecule has 2 amide bonds. The molecule has 7 heteroatoms. The van der Waals surface area contributed by atoms with Crippen molar-refractivity contribution in [2.45, 2.75) is 32.7 Å². The fourth-order valence-corrected chi connectivity index (χ4v) is 3.03. The van der Waals surface area contributed by atoms with Gasteiger partial charge in [-0.15, -0.1) is 0 Å². The van der Waals surface area contributed by atoms with Crippen molar-refractivity contribution >= 4 is 33.7 Å². The summed E-state index contributed by atoms with van der Waals surface area (Å²) < 4.78 is 5.85. The van der Waals surface area contributed by atoms with Gasteiger partial charge in [-0.05, 0) is 40.4 Å². The fourth-order valence-electron chi connectivity index (χ4n) is 2.58. The number of carbonyl (C=O) groups excluding carboxylic acids is 3. The van der Waals surface area contributed by atoms with E-state index in [1.54, 1.807) is 18.2 Å². The number of hydrogen-bond donors (Lipinski definition) is 1. The highest BCUT2D eigenvalue weighted by Gasteiger charge is 2.36. The van der Waals surface area contributed by atoms with Gasteiger partial charge in [-0.3, -0.25) is 14.4 Å². The summed E-state index contributed by atoms with van der Waals surface area (Å²) in [6.45, 7) is 5.13. The zero-order valence-corrected chi connectivity index (χ0v) is 16.0. The molecule has 1 unspecified atom stereocenters. The fraction of sp³-hybridized carbons (Fsp3) is 0.500. The first-order chi connectivity index (χ1) is 11.9. The third kappa shape index (κ3) is 5.29. The van der Waals surface area contributed by atoms with E-state index in [2.05, 4.69) is 21.2 Å². The Labute approximate surface area is 156 Å². The van der Waals surface area contributed by atoms with Crippen LogP contribution in [0, 0.1) is 5.92 Å². The largest absolute Gasteiger partial charge is 0.466 e. The summed E-state index contributed by atoms with van der Waals surface area (Å²) in [4.78, 5) is 38.6. The maximum atomic E-state index is 12.8. The molecule has 25 heavy (non-hydrogen) atoms. The number of nitrogens with zero attached hydrogens (tertiary/aromatic N) is 1. The van der Waals surface area contributed by atoms with Crippen molar-refractivity contribution in [2.24, 2.45) is 5.92 Å². The number of esters is 1. The van der Waals surface area contributed by atoms with Crippen LogP contribution >= 0.6 is 15.9 Å². The summed E-state index contributed by atoms with van der Waals surface area (Å²) in [7, 11) is 0. The molecule has 6 nitrogen and oxygen atoms in total. The molecule has 1 N–H and O–H groups in total. The van der Waals surface area contributed by atoms with Crippen LogP contribution in [0.4, 0.5) is 0 Å². The van der Waals surface area contributed by atoms with Crippen LogP contribution in [0.5, 0.6) is 0 Å². The van der Waals surface area contributed by atoms with Crippen molar-refractivity contribution in [3.05, 3.63) is 34.3 Å². The molecule has 0 spiro atoms. The Bertz CT molecular complexity index is 648. The first kappa shape index (κ1) is 19.4. The summed E-state index contributed by atoms with van der Waals surface area (Å²) in [6, 6.07) is 6.19. The molecule has 1 aromatic rings. The second-order valence-corrected chi connectivity index (χ2v) is 7.25. The minimum absolute atomic E-state index is 0.139. The molecule has 1 aliphatic rings. The van der Waals surface area contributed by atoms with Crippen LogP contribution in [0.3, 0.4) is 0 Å². The average Bonchev–Trinajstić information content (AvgIpc) is 2.56. The number of ether oxygens (including phenoxy) is 1. The summed E-state index contributed by atoms with van der Waals surface area (Å²) in [6.07, 6.45) is 0.627. The Balaban J connectivity index is 2.07. The van der Waals surface area contributed by atoms with Crippen molar-refractivity contribution in [1.29, 1.82) is 0 Å². The van der Waals surface area contributed by atoms with Gasteiger partial charge in [0.05, 0.1) is 18.6 Å². The Morgan fingerprint density at radius 1 is 1.36 bits per heavy atom. The van der Waals surface area contributed by atoms with Crippen LogP contribution in [-0.4, -0.2) is 48.4 Å². The summed E-state index contributed by atoms with van der Waals surface area (Å²) in [5.74, 6) is -0.637. The van der Waals surface area contributed by atoms with Gasteiger partial charge in [0.15, 0.2) is 0 Å². The Kier molecular flexibility index (Phi) is 6.99. The number of hydrogen-bond acceptors (Lipinski definition) is 4. The zero-order chi connectivity index (χ0) is 18.4. The molecule has 0 bridgehead atoms. The molecule has 1 fully saturated rings. The molecule has 2 rings (SSSR count). The second-order valence-electron chi connectivity index (χ2n) is 6.39. The average molecular weight is 411 g/mol. The number of piperazine rings is 1. The maximum absolute atomic E-state index is 12.8. The summed E-state index contributed by atoms with van der Waals surface area (Å²) in [5.41, 5.74) is 0.468. The van der Waals surface area contributed by atoms with Gasteiger partial charge in [0.25, 0.3) is 5.91 Å². The number of amides is 2. The van der Waals surface area contributed by atoms with E-state index in [9.17, 15) is 14.4 Å². The van der Waals surface area contributed by atoms with Gasteiger partial charge in [-0.25, -0.2) is 0 Å². The lowest BCUT2D eigenvalue weighted by Gasteiger charge is -2.34. The van der Waals surface area contributed by atoms with E-state index >= 15 is 0 Å². The lowest BCUT2D eigenvalue weighted by molar-refractivity contribution is -0.148. The third-order valence-corrected chi connectivity index (χ3v) is 4.71. The molecule has 136 valence electrons. The van der Waals surface area contributed by atoms with Crippen LogP contribution < -0.4 is 5.32 Å². The van der Waals surface area contributed by atoms with E-state index in [4.69, 9.17) is 4.74 Å². The van der Waals surface area contributed by atoms with Gasteiger partial charge in [-0.1, -0.05) is 26.0 Å². The van der Waals surface area contributed by atoms with E-state index in [0.717, 1.165) is 6.42 Å². The van der Waals surface area contributed by atoms with Crippen molar-refractivity contribution in [1.82, 2.24) is 10.2 Å². The standard InChI is InChI=1S/C18H23BrN2O4/c1-12(2)7-10-25-16(22)11-15-17(23)20-8-9-21(15)18(24)13-5-3-4-6-14(13)19/h3-6,12,15H,7-11H2,1-2H3,(H,20,23). The molecule has 0 aliphatic carbocycles. The highest BCUT2D eigenvalue weighted by Crippen LogP contribution is 2.21. The number of carbonyl (C=O) groups is 3. The highest BCUT2D eigenvalue weighted by molar-refractivity contribution is 9.10. The zero-order valence-electron chi connectivity index (χ0n) is 14.5. The van der Waals surface area contributed by atoms with Gasteiger partial charge in [0, 0.05) is 17.6 Å². The quantitative estimate of drug-likeness (QED) is 0.730. The highest BCUT2D eigenvalue weighted by atomic mass is 79.9. The molecular weight excluding hydrogens is 388 g/mol. The van der Waals surface area contributed by atoms with E-state index in [0.29, 0.717) is 35.7 Å². The first-order valence-corrected chi connectivity index (χ1v) is 9.18. The second kappa shape index (κ2) is 8.99. The van der Waals surface area contributed by atoms with E-state index < -0.39 is 12.0 Å². The van der Waals surface area contributed by atoms with Crippen molar-refractivity contribution < 1.29 is 19.1 Å². The SMILES string of the molecule is CC(C)CCOC(=O)CC1C(=O)NCCN1C(=O)c1ccccc1Br. The molecule has 0 aromatic heterocycles. The Hall–Kier alpha value is -1.89. The number of rotatable bonds is 6. The van der Waals surface area contributed by atoms with Crippen LogP contribution in [0.1, 0.15) is 37.0 Å². The number of halogens is 1. The van der Waals surface area contributed by atoms with Gasteiger partial charge in [0.1, 0.15) is 6.04 Å². The minimum atomic E-state index is -0.847. The monoisotopic (exact) mass is 410 g/mol. The molecule has 1 heterocycles. The minimum Gasteiger partial charge on any atom is -0.466 e. The molecule has 0 radical (unpaired) electrons. The van der Waals surface area contributed by atoms with Gasteiger partial charge in [-0.2, -0.15) is 0 Å². The first-order valence-electron chi connectivity index (χ1n) is 8.39. The Morgan fingerprint density at radius 2 is 2.08 bits per heavy atom. The van der Waals surface area contributed by atoms with Crippen molar-refractivity contribution in [3.8, 4) is 0 Å². The maximum Gasteiger partial charge on any atom is 0.308 e. The van der Waals surface area contributed by atoms with Gasteiger partial charge < -0.3 is 15.0 Å². The predicted octanol–water partition coefficient (Wildman–Crippen LogP) is 2.37. The summed E-state index contributed by atoms with van der Waals surface area (Å²) in [5, 5.41) is 2.71. The molecular formula is C18H23BrN2O4. The molecule has 1 aliphatic heterocycles. The number of benzene rings is 1. The molecule has 0 saturated carbocycles. The van der Waals surface area contributed by atoms with Gasteiger partial charge >= 0.3 is 5.97 Å². The topological polar surface area (TPSA) is 75.7 Å². The van der Waals surface area contributed by atoms with Gasteiger partial charge in [0.2, 0.25) is 5.91 Å². The smallest absolute Gasteiger partial charge is 0.308 e. The molecule has 1 atom stereocenters. The van der Waals surface area contributed by atoms with Crippen LogP contribution in [0.2, 0.25) is 0 Å². The third-order valence-electron chi connectivity index (χ3n) is 4.01. The number of nitrogens with one attached hydrogen (secondary N) is 1. The predicted molar refractivity (Wildman–Crippen MR) is 97.0 cm³/mol. The van der Waals surface area contributed by atoms with Crippen LogP contribution in [-0.2, 0) is 14.3 Å². The van der Waals surface area contributed by atoms with E-state index in [-0.39, 0.29) is 18.2 Å². The summed E-state index contributed by atoms with van der Waals surface area (Å²) >= 11 is 3.36. The van der Waals surface area contributed by atoms with E-state index in [1.165, 1.54) is 4.90 Å². The lowest BCUT2D eigenvalue weighted by Crippen LogP contribution is -2.57. The van der Waals surface area contributed by atoms with Crippen molar-refractivity contribution in [2.75, 3.05) is 19.7 Å². The van der Waals surface area contributed by atoms with Crippen LogP contribution in [0.25, 0.3) is 0 Å². The van der Waals surface area contributed by atoms with Crippen molar-refractivity contribution in [3.63, 3.8) is 0 Å². The van der Waals surface area contributed by atoms with E-state index in [1.807, 2.05) is 19.9 Å². The normalized spacial score (nSPS) is 17.4. The lowest BCUT2D eigenvalue weighted by atomic mass is 10.1. The Morgan fingerprint density at radius 3 is 2.76 bits per heavy atom. The molecule has 1 saturated heterocycles.